The van der Waals surface area contributed by atoms with Gasteiger partial charge in [-0.3, -0.25) is 19.4 Å². The van der Waals surface area contributed by atoms with Crippen LogP contribution in [-0.4, -0.2) is 78.8 Å². The van der Waals surface area contributed by atoms with E-state index in [2.05, 4.69) is 9.97 Å². The summed E-state index contributed by atoms with van der Waals surface area (Å²) in [6, 6.07) is 13.4. The van der Waals surface area contributed by atoms with Crippen LogP contribution in [0.3, 0.4) is 0 Å². The van der Waals surface area contributed by atoms with Gasteiger partial charge in [-0.05, 0) is 95.3 Å². The second kappa shape index (κ2) is 16.1. The lowest BCUT2D eigenvalue weighted by atomic mass is 10.1. The zero-order valence-electron chi connectivity index (χ0n) is 30.7. The van der Waals surface area contributed by atoms with Crippen LogP contribution in [0.1, 0.15) is 44.1 Å². The fourth-order valence-corrected chi connectivity index (χ4v) is 8.71. The third kappa shape index (κ3) is 7.24. The Balaban J connectivity index is 0.967. The van der Waals surface area contributed by atoms with Crippen molar-refractivity contribution in [1.82, 2.24) is 29.9 Å². The van der Waals surface area contributed by atoms with Gasteiger partial charge < -0.3 is 31.1 Å². The van der Waals surface area contributed by atoms with Crippen molar-refractivity contribution in [2.24, 2.45) is 11.5 Å². The average molecular weight is 821 g/mol. The molecule has 2 unspecified atom stereocenters. The Morgan fingerprint density at radius 3 is 1.47 bits per heavy atom. The molecule has 0 spiro atoms. The predicted octanol–water partition coefficient (Wildman–Crippen LogP) is 4.96. The molecule has 16 nitrogen and oxygen atoms in total. The molecule has 6 aromatic rings. The van der Waals surface area contributed by atoms with Gasteiger partial charge in [0.05, 0.1) is 13.1 Å². The van der Waals surface area contributed by atoms with Gasteiger partial charge in [0.2, 0.25) is 0 Å². The number of aromatic nitrogens is 2. The van der Waals surface area contributed by atoms with Crippen LogP contribution in [-0.2, 0) is 54.8 Å². The first-order chi connectivity index (χ1) is 28.1. The summed E-state index contributed by atoms with van der Waals surface area (Å²) in [6.45, 7) is 0.701. The Morgan fingerprint density at radius 2 is 1.09 bits per heavy atom. The van der Waals surface area contributed by atoms with Gasteiger partial charge in [-0.2, -0.15) is 0 Å². The molecule has 4 aromatic heterocycles. The van der Waals surface area contributed by atoms with Crippen LogP contribution >= 0.6 is 22.7 Å². The van der Waals surface area contributed by atoms with Crippen LogP contribution in [0.5, 0.6) is 0 Å². The maximum Gasteiger partial charge on any atom is 0.361 e. The number of thiophene rings is 2. The molecular weight excluding hydrogens is 785 g/mol. The van der Waals surface area contributed by atoms with Crippen molar-refractivity contribution in [2.45, 2.75) is 38.0 Å². The predicted molar refractivity (Wildman–Crippen MR) is 213 cm³/mol. The lowest BCUT2D eigenvalue weighted by Gasteiger charge is -2.19. The first kappa shape index (κ1) is 38.3. The number of urea groups is 2. The van der Waals surface area contributed by atoms with Gasteiger partial charge >= 0.3 is 24.0 Å². The van der Waals surface area contributed by atoms with Gasteiger partial charge in [0.1, 0.15) is 0 Å². The molecule has 0 radical (unpaired) electrons. The summed E-state index contributed by atoms with van der Waals surface area (Å²) in [6.07, 6.45) is 6.43. The molecular formula is C40H36N8O8S2. The highest BCUT2D eigenvalue weighted by molar-refractivity contribution is 7.10. The number of aromatic amines is 2. The lowest BCUT2D eigenvalue weighted by Crippen LogP contribution is -2.34. The first-order valence-corrected chi connectivity index (χ1v) is 20.0. The molecule has 296 valence electrons. The highest BCUT2D eigenvalue weighted by Crippen LogP contribution is 2.37. The Bertz CT molecular complexity index is 2400. The zero-order chi connectivity index (χ0) is 40.5. The second-order valence-corrected chi connectivity index (χ2v) is 15.5. The number of carbonyl (C=O) groups excluding carboxylic acids is 6. The summed E-state index contributed by atoms with van der Waals surface area (Å²) in [5, 5.41) is 6.63. The van der Waals surface area contributed by atoms with Crippen molar-refractivity contribution in [2.75, 3.05) is 13.1 Å². The molecule has 8 rings (SSSR count). The summed E-state index contributed by atoms with van der Waals surface area (Å²) >= 11 is 2.40. The van der Waals surface area contributed by atoms with Crippen molar-refractivity contribution < 1.29 is 38.4 Å². The van der Waals surface area contributed by atoms with E-state index in [9.17, 15) is 28.8 Å². The number of hydrogen-bond acceptors (Lipinski definition) is 12. The van der Waals surface area contributed by atoms with Gasteiger partial charge in [0.15, 0.2) is 12.1 Å². The quantitative estimate of drug-likeness (QED) is 0.0856. The van der Waals surface area contributed by atoms with Crippen LogP contribution < -0.4 is 11.5 Å². The number of nitrogens with two attached hydrogens (primary N) is 2. The van der Waals surface area contributed by atoms with E-state index in [-0.39, 0.29) is 13.1 Å². The van der Waals surface area contributed by atoms with E-state index in [0.29, 0.717) is 69.1 Å². The van der Waals surface area contributed by atoms with Crippen LogP contribution in [0.4, 0.5) is 9.59 Å². The minimum absolute atomic E-state index is 0.0972. The number of benzene rings is 2. The third-order valence-electron chi connectivity index (χ3n) is 9.84. The summed E-state index contributed by atoms with van der Waals surface area (Å²) in [5.74, 6) is -3.55. The molecule has 6 N–H and O–H groups in total. The SMILES string of the molecule is NCCc1c[nH]c2ccc(CN3C(=O)C(c4cccs4)N(OC(=O)/C=C\C(=O)ON4C(=O)N(Cc5ccc6[nH]cc(CCN)c6c5)C(=O)C4c4cccs4)C3=O)cc12. The average Bonchev–Trinajstić information content (AvgIpc) is 4.09. The molecule has 0 aliphatic carbocycles. The minimum atomic E-state index is -1.27. The maximum atomic E-state index is 13.8. The number of fused-ring (bicyclic) bond motifs is 2. The smallest absolute Gasteiger partial charge is 0.361 e. The van der Waals surface area contributed by atoms with E-state index in [1.165, 1.54) is 22.7 Å². The minimum Gasteiger partial charge on any atom is -0.361 e. The van der Waals surface area contributed by atoms with Crippen molar-refractivity contribution in [3.63, 3.8) is 0 Å². The number of H-pyrrole nitrogens is 2. The molecule has 0 bridgehead atoms. The molecule has 2 fully saturated rings. The van der Waals surface area contributed by atoms with E-state index < -0.39 is 47.9 Å². The fraction of sp³-hybridized carbons (Fsp3) is 0.200. The first-order valence-electron chi connectivity index (χ1n) is 18.2. The van der Waals surface area contributed by atoms with Gasteiger partial charge in [-0.25, -0.2) is 19.2 Å². The highest BCUT2D eigenvalue weighted by Gasteiger charge is 2.50. The molecule has 0 saturated carbocycles. The van der Waals surface area contributed by atoms with E-state index in [1.54, 1.807) is 47.2 Å². The summed E-state index contributed by atoms with van der Waals surface area (Å²) in [4.78, 5) is 101. The van der Waals surface area contributed by atoms with Crippen molar-refractivity contribution >= 4 is 80.3 Å². The molecule has 2 aliphatic rings. The molecule has 18 heteroatoms. The summed E-state index contributed by atoms with van der Waals surface area (Å²) in [7, 11) is 0. The number of nitrogens with one attached hydrogen (secondary N) is 2. The molecule has 2 saturated heterocycles. The highest BCUT2D eigenvalue weighted by atomic mass is 32.1. The largest absolute Gasteiger partial charge is 0.361 e. The Morgan fingerprint density at radius 1 is 0.655 bits per heavy atom. The van der Waals surface area contributed by atoms with E-state index >= 15 is 0 Å². The normalized spacial score (nSPS) is 17.3. The summed E-state index contributed by atoms with van der Waals surface area (Å²) in [5.41, 5.74) is 16.6. The maximum absolute atomic E-state index is 13.8. The van der Waals surface area contributed by atoms with Crippen molar-refractivity contribution in [3.05, 3.63) is 128 Å². The molecule has 6 heterocycles. The lowest BCUT2D eigenvalue weighted by molar-refractivity contribution is -0.178. The Kier molecular flexibility index (Phi) is 10.6. The van der Waals surface area contributed by atoms with Crippen LogP contribution in [0.2, 0.25) is 0 Å². The Hall–Kier alpha value is -6.60. The number of imide groups is 2. The van der Waals surface area contributed by atoms with Gasteiger partial charge in [0.25, 0.3) is 11.8 Å². The fourth-order valence-electron chi connectivity index (χ4n) is 7.11. The molecule has 2 aliphatic heterocycles. The van der Waals surface area contributed by atoms with E-state index in [1.807, 2.05) is 36.7 Å². The zero-order valence-corrected chi connectivity index (χ0v) is 32.3. The molecule has 2 aromatic carbocycles. The number of hydrogen-bond donors (Lipinski definition) is 4. The molecule has 58 heavy (non-hydrogen) atoms. The van der Waals surface area contributed by atoms with Gasteiger partial charge in [-0.1, -0.05) is 24.3 Å². The van der Waals surface area contributed by atoms with Crippen LogP contribution in [0.15, 0.2) is 96.0 Å². The standard InChI is InChI=1S/C40H36N8O8S2/c41-13-11-25-19-43-29-7-5-23(17-27(25)29)21-45-37(51)35(31-3-1-15-57-31)47(39(45)53)55-33(49)9-10-34(50)56-48-36(32-4-2-16-58-32)38(52)46(40(48)54)22-24-6-8-30-28(18-24)26(12-14-42)20-44-30/h1-10,15-20,35-36,43-44H,11-14,21-22,41-42H2/b10-9-. The number of nitrogens with zero attached hydrogens (tertiary/aromatic N) is 4. The third-order valence-corrected chi connectivity index (χ3v) is 11.7. The van der Waals surface area contributed by atoms with Crippen molar-refractivity contribution in [1.29, 1.82) is 0 Å². The topological polar surface area (TPSA) is 217 Å². The molecule has 6 amide bonds. The molecule has 2 atom stereocenters. The van der Waals surface area contributed by atoms with Crippen LogP contribution in [0.25, 0.3) is 21.8 Å². The van der Waals surface area contributed by atoms with Gasteiger partial charge in [0, 0.05) is 56.1 Å². The summed E-state index contributed by atoms with van der Waals surface area (Å²) < 4.78 is 0. The van der Waals surface area contributed by atoms with Crippen LogP contribution in [0, 0.1) is 0 Å². The number of hydroxylamine groups is 4. The number of amides is 6. The van der Waals surface area contributed by atoms with Gasteiger partial charge in [-0.15, -0.1) is 32.8 Å². The number of rotatable bonds is 14. The van der Waals surface area contributed by atoms with E-state index in [0.717, 1.165) is 42.7 Å². The van der Waals surface area contributed by atoms with E-state index in [4.69, 9.17) is 21.1 Å². The van der Waals surface area contributed by atoms with Crippen molar-refractivity contribution in [3.8, 4) is 0 Å². The Labute approximate surface area is 338 Å². The second-order valence-electron chi connectivity index (χ2n) is 13.5. The monoisotopic (exact) mass is 820 g/mol. The number of carbonyl (C=O) groups is 6.